The Balaban J connectivity index is 1.92. The van der Waals surface area contributed by atoms with E-state index in [-0.39, 0.29) is 11.9 Å². The van der Waals surface area contributed by atoms with Crippen LogP contribution in [0.2, 0.25) is 0 Å². The van der Waals surface area contributed by atoms with Crippen LogP contribution in [-0.2, 0) is 6.42 Å². The molecule has 0 aliphatic heterocycles. The molecule has 18 heavy (non-hydrogen) atoms. The molecule has 1 atom stereocenters. The molecule has 1 amide bonds. The van der Waals surface area contributed by atoms with Crippen LogP contribution in [0.1, 0.15) is 22.2 Å². The lowest BCUT2D eigenvalue weighted by atomic mass is 10.1. The van der Waals surface area contributed by atoms with Crippen molar-refractivity contribution in [3.05, 3.63) is 55.8 Å². The van der Waals surface area contributed by atoms with Crippen molar-refractivity contribution in [1.82, 2.24) is 5.32 Å². The first-order valence-electron chi connectivity index (χ1n) is 5.74. The van der Waals surface area contributed by atoms with Crippen LogP contribution in [0.25, 0.3) is 0 Å². The number of carbonyl (C=O) groups is 1. The molecule has 0 aliphatic rings. The van der Waals surface area contributed by atoms with E-state index in [0.717, 1.165) is 9.99 Å². The third-order valence-electron chi connectivity index (χ3n) is 2.57. The molecule has 1 N–H and O–H groups in total. The summed E-state index contributed by atoms with van der Waals surface area (Å²) < 4.78 is 1.13. The molecule has 94 valence electrons. The molecule has 1 aromatic carbocycles. The average Bonchev–Trinajstić information content (AvgIpc) is 2.82. The Morgan fingerprint density at radius 2 is 2.06 bits per heavy atom. The van der Waals surface area contributed by atoms with Crippen molar-refractivity contribution in [3.8, 4) is 0 Å². The highest BCUT2D eigenvalue weighted by molar-refractivity contribution is 14.1. The van der Waals surface area contributed by atoms with E-state index in [1.165, 1.54) is 4.88 Å². The van der Waals surface area contributed by atoms with Crippen molar-refractivity contribution in [3.63, 3.8) is 0 Å². The van der Waals surface area contributed by atoms with Crippen molar-refractivity contribution in [2.24, 2.45) is 0 Å². The zero-order valence-electron chi connectivity index (χ0n) is 10.0. The SMILES string of the molecule is CC(Cc1cccs1)NC(=O)c1ccc(I)cc1. The lowest BCUT2D eigenvalue weighted by molar-refractivity contribution is 0.0940. The fourth-order valence-corrected chi connectivity index (χ4v) is 2.88. The second-order valence-electron chi connectivity index (χ2n) is 4.16. The topological polar surface area (TPSA) is 29.1 Å². The average molecular weight is 371 g/mol. The van der Waals surface area contributed by atoms with Crippen molar-refractivity contribution in [2.45, 2.75) is 19.4 Å². The molecule has 0 saturated heterocycles. The van der Waals surface area contributed by atoms with Gasteiger partial charge in [-0.05, 0) is 65.2 Å². The Morgan fingerprint density at radius 3 is 2.67 bits per heavy atom. The Labute approximate surface area is 125 Å². The molecule has 0 fully saturated rings. The molecule has 4 heteroatoms. The van der Waals surface area contributed by atoms with Crippen LogP contribution in [-0.4, -0.2) is 11.9 Å². The van der Waals surface area contributed by atoms with Gasteiger partial charge in [0, 0.05) is 26.5 Å². The molecule has 0 spiro atoms. The van der Waals surface area contributed by atoms with Crippen LogP contribution < -0.4 is 5.32 Å². The fourth-order valence-electron chi connectivity index (χ4n) is 1.69. The van der Waals surface area contributed by atoms with Gasteiger partial charge in [-0.25, -0.2) is 0 Å². The van der Waals surface area contributed by atoms with Gasteiger partial charge < -0.3 is 5.32 Å². The maximum Gasteiger partial charge on any atom is 0.251 e. The first-order valence-corrected chi connectivity index (χ1v) is 7.70. The molecule has 1 unspecified atom stereocenters. The monoisotopic (exact) mass is 371 g/mol. The number of nitrogens with one attached hydrogen (secondary N) is 1. The number of carbonyl (C=O) groups excluding carboxylic acids is 1. The van der Waals surface area contributed by atoms with Gasteiger partial charge >= 0.3 is 0 Å². The number of thiophene rings is 1. The molecule has 0 aliphatic carbocycles. The Hall–Kier alpha value is -0.880. The van der Waals surface area contributed by atoms with Gasteiger partial charge in [0.15, 0.2) is 0 Å². The maximum absolute atomic E-state index is 12.0. The lowest BCUT2D eigenvalue weighted by Gasteiger charge is -2.13. The van der Waals surface area contributed by atoms with E-state index in [1.807, 2.05) is 37.3 Å². The molecule has 0 saturated carbocycles. The number of halogens is 1. The minimum absolute atomic E-state index is 0.00421. The van der Waals surface area contributed by atoms with E-state index in [1.54, 1.807) is 11.3 Å². The fraction of sp³-hybridized carbons (Fsp3) is 0.214. The normalized spacial score (nSPS) is 12.1. The van der Waals surface area contributed by atoms with Gasteiger partial charge in [-0.15, -0.1) is 11.3 Å². The van der Waals surface area contributed by atoms with E-state index >= 15 is 0 Å². The standard InChI is InChI=1S/C14H14INOS/c1-10(9-13-3-2-8-18-13)16-14(17)11-4-6-12(15)7-5-11/h2-8,10H,9H2,1H3,(H,16,17). The number of hydrogen-bond acceptors (Lipinski definition) is 2. The molecular weight excluding hydrogens is 357 g/mol. The highest BCUT2D eigenvalue weighted by atomic mass is 127. The summed E-state index contributed by atoms with van der Waals surface area (Å²) >= 11 is 3.95. The highest BCUT2D eigenvalue weighted by Crippen LogP contribution is 2.12. The molecule has 0 bridgehead atoms. The Morgan fingerprint density at radius 1 is 1.33 bits per heavy atom. The summed E-state index contributed by atoms with van der Waals surface area (Å²) in [6.45, 7) is 2.03. The zero-order valence-corrected chi connectivity index (χ0v) is 13.0. The first-order chi connectivity index (χ1) is 8.65. The third-order valence-corrected chi connectivity index (χ3v) is 4.19. The second-order valence-corrected chi connectivity index (χ2v) is 6.44. The molecule has 2 rings (SSSR count). The maximum atomic E-state index is 12.0. The largest absolute Gasteiger partial charge is 0.349 e. The zero-order chi connectivity index (χ0) is 13.0. The molecule has 2 aromatic rings. The van der Waals surface area contributed by atoms with Crippen molar-refractivity contribution in [2.75, 3.05) is 0 Å². The summed E-state index contributed by atoms with van der Waals surface area (Å²) in [5, 5.41) is 5.08. The van der Waals surface area contributed by atoms with Crippen molar-refractivity contribution in [1.29, 1.82) is 0 Å². The minimum atomic E-state index is -0.00421. The summed E-state index contributed by atoms with van der Waals surface area (Å²) in [5.41, 5.74) is 0.716. The van der Waals surface area contributed by atoms with Gasteiger partial charge in [-0.1, -0.05) is 6.07 Å². The van der Waals surface area contributed by atoms with Crippen LogP contribution in [0, 0.1) is 3.57 Å². The summed E-state index contributed by atoms with van der Waals surface area (Å²) in [7, 11) is 0. The van der Waals surface area contributed by atoms with E-state index in [9.17, 15) is 4.79 Å². The smallest absolute Gasteiger partial charge is 0.251 e. The van der Waals surface area contributed by atoms with Crippen molar-refractivity contribution < 1.29 is 4.79 Å². The number of benzene rings is 1. The molecule has 1 aromatic heterocycles. The molecule has 1 heterocycles. The van der Waals surface area contributed by atoms with Gasteiger partial charge in [-0.3, -0.25) is 4.79 Å². The van der Waals surface area contributed by atoms with Gasteiger partial charge in [-0.2, -0.15) is 0 Å². The second kappa shape index (κ2) is 6.33. The quantitative estimate of drug-likeness (QED) is 0.816. The summed E-state index contributed by atoms with van der Waals surface area (Å²) in [4.78, 5) is 13.3. The van der Waals surface area contributed by atoms with Crippen LogP contribution in [0.5, 0.6) is 0 Å². The van der Waals surface area contributed by atoms with Crippen molar-refractivity contribution >= 4 is 39.8 Å². The third kappa shape index (κ3) is 3.81. The van der Waals surface area contributed by atoms with Gasteiger partial charge in [0.2, 0.25) is 0 Å². The molecule has 0 radical (unpaired) electrons. The molecule has 2 nitrogen and oxygen atoms in total. The summed E-state index contributed by atoms with van der Waals surface area (Å²) in [6.07, 6.45) is 0.883. The first kappa shape index (κ1) is 13.5. The minimum Gasteiger partial charge on any atom is -0.349 e. The molecular formula is C14H14INOS. The van der Waals surface area contributed by atoms with E-state index in [4.69, 9.17) is 0 Å². The van der Waals surface area contributed by atoms with Gasteiger partial charge in [0.25, 0.3) is 5.91 Å². The van der Waals surface area contributed by atoms with Crippen LogP contribution in [0.15, 0.2) is 41.8 Å². The van der Waals surface area contributed by atoms with Gasteiger partial charge in [0.1, 0.15) is 0 Å². The Bertz CT molecular complexity index is 507. The number of amides is 1. The van der Waals surface area contributed by atoms with Crippen LogP contribution in [0.4, 0.5) is 0 Å². The van der Waals surface area contributed by atoms with Crippen LogP contribution in [0.3, 0.4) is 0 Å². The van der Waals surface area contributed by atoms with Crippen LogP contribution >= 0.6 is 33.9 Å². The van der Waals surface area contributed by atoms with E-state index in [2.05, 4.69) is 39.4 Å². The lowest BCUT2D eigenvalue weighted by Crippen LogP contribution is -2.33. The Kier molecular flexibility index (Phi) is 4.77. The number of rotatable bonds is 4. The number of hydrogen-bond donors (Lipinski definition) is 1. The summed E-state index contributed by atoms with van der Waals surface area (Å²) in [5.74, 6) is -0.00421. The van der Waals surface area contributed by atoms with E-state index < -0.39 is 0 Å². The summed E-state index contributed by atoms with van der Waals surface area (Å²) in [6, 6.07) is 11.9. The van der Waals surface area contributed by atoms with E-state index in [0.29, 0.717) is 5.56 Å². The van der Waals surface area contributed by atoms with Gasteiger partial charge in [0.05, 0.1) is 0 Å². The highest BCUT2D eigenvalue weighted by Gasteiger charge is 2.10. The predicted molar refractivity (Wildman–Crippen MR) is 84.1 cm³/mol. The predicted octanol–water partition coefficient (Wildman–Crippen LogP) is 3.71.